The zero-order valence-electron chi connectivity index (χ0n) is 16.1. The highest BCUT2D eigenvalue weighted by Gasteiger charge is 2.21. The summed E-state index contributed by atoms with van der Waals surface area (Å²) in [7, 11) is 2.10. The lowest BCUT2D eigenvalue weighted by Gasteiger charge is -2.13. The van der Waals surface area contributed by atoms with Crippen molar-refractivity contribution >= 4 is 57.1 Å². The Bertz CT molecular complexity index is 1060. The van der Waals surface area contributed by atoms with Crippen LogP contribution in [0.5, 0.6) is 5.75 Å². The molecule has 1 aliphatic heterocycles. The average Bonchev–Trinajstić information content (AvgIpc) is 3.01. The smallest absolute Gasteiger partial charge is 0.259 e. The van der Waals surface area contributed by atoms with E-state index >= 15 is 0 Å². The number of carbonyl (C=O) groups excluding carboxylic acids is 1. The van der Waals surface area contributed by atoms with Crippen LogP contribution in [0.2, 0.25) is 10.0 Å². The van der Waals surface area contributed by atoms with Crippen molar-refractivity contribution in [3.8, 4) is 5.75 Å². The van der Waals surface area contributed by atoms with Gasteiger partial charge in [0.25, 0.3) is 5.91 Å². The fourth-order valence-corrected chi connectivity index (χ4v) is 4.50. The quantitative estimate of drug-likeness (QED) is 0.490. The second kappa shape index (κ2) is 8.77. The van der Waals surface area contributed by atoms with Crippen molar-refractivity contribution in [2.45, 2.75) is 12.8 Å². The van der Waals surface area contributed by atoms with Crippen LogP contribution in [-0.2, 0) is 12.8 Å². The lowest BCUT2D eigenvalue weighted by Crippen LogP contribution is -2.20. The minimum atomic E-state index is -0.468. The fraction of sp³-hybridized carbons (Fsp3) is 0.250. The van der Waals surface area contributed by atoms with Gasteiger partial charge in [0.1, 0.15) is 11.6 Å². The molecule has 7 nitrogen and oxygen atoms in total. The van der Waals surface area contributed by atoms with Gasteiger partial charge >= 0.3 is 0 Å². The van der Waals surface area contributed by atoms with E-state index in [1.54, 1.807) is 12.1 Å². The number of nitrogens with zero attached hydrogens (tertiary/aromatic N) is 3. The first-order valence-electron chi connectivity index (χ1n) is 9.28. The summed E-state index contributed by atoms with van der Waals surface area (Å²) in [6.07, 6.45) is 3.23. The molecule has 0 saturated carbocycles. The predicted octanol–water partition coefficient (Wildman–Crippen LogP) is 4.58. The van der Waals surface area contributed by atoms with Crippen LogP contribution in [0.1, 0.15) is 20.9 Å². The van der Waals surface area contributed by atoms with Crippen LogP contribution < -0.4 is 10.6 Å². The number of carbonyl (C=O) groups is 1. The van der Waals surface area contributed by atoms with Crippen LogP contribution in [0.4, 0.5) is 16.6 Å². The van der Waals surface area contributed by atoms with Gasteiger partial charge in [-0.1, -0.05) is 23.2 Å². The number of phenolic OH excluding ortho intramolecular Hbond substituents is 1. The molecule has 0 spiro atoms. The number of fused-ring (bicyclic) bond motifs is 1. The van der Waals surface area contributed by atoms with E-state index in [0.717, 1.165) is 31.6 Å². The number of rotatable bonds is 4. The van der Waals surface area contributed by atoms with Crippen molar-refractivity contribution in [1.82, 2.24) is 14.9 Å². The number of aromatic hydroxyl groups is 1. The highest BCUT2D eigenvalue weighted by Crippen LogP contribution is 2.36. The lowest BCUT2D eigenvalue weighted by atomic mass is 10.1. The molecule has 4 rings (SSSR count). The Hall–Kier alpha value is -2.39. The number of halogens is 2. The number of hydrogen-bond donors (Lipinski definition) is 3. The number of nitrogens with one attached hydrogen (secondary N) is 2. The van der Waals surface area contributed by atoms with Gasteiger partial charge in [0.05, 0.1) is 22.0 Å². The van der Waals surface area contributed by atoms with E-state index in [9.17, 15) is 9.90 Å². The zero-order valence-corrected chi connectivity index (χ0v) is 18.4. The third kappa shape index (κ3) is 4.67. The van der Waals surface area contributed by atoms with Gasteiger partial charge in [-0.25, -0.2) is 9.97 Å². The Morgan fingerprint density at radius 3 is 2.77 bits per heavy atom. The van der Waals surface area contributed by atoms with Crippen LogP contribution in [-0.4, -0.2) is 46.0 Å². The Labute approximate surface area is 187 Å². The summed E-state index contributed by atoms with van der Waals surface area (Å²) in [6.45, 7) is 1.92. The van der Waals surface area contributed by atoms with Crippen molar-refractivity contribution in [2.24, 2.45) is 0 Å². The van der Waals surface area contributed by atoms with Gasteiger partial charge in [-0.15, -0.1) is 11.3 Å². The topological polar surface area (TPSA) is 90.4 Å². The van der Waals surface area contributed by atoms with Gasteiger partial charge in [0.2, 0.25) is 0 Å². The highest BCUT2D eigenvalue weighted by atomic mass is 35.5. The summed E-state index contributed by atoms with van der Waals surface area (Å²) in [4.78, 5) is 25.1. The van der Waals surface area contributed by atoms with Gasteiger partial charge in [-0.05, 0) is 31.7 Å². The molecule has 30 heavy (non-hydrogen) atoms. The molecule has 3 aromatic rings. The average molecular weight is 464 g/mol. The molecule has 0 fully saturated rings. The number of hydrogen-bond acceptors (Lipinski definition) is 7. The fourth-order valence-electron chi connectivity index (χ4n) is 3.17. The summed E-state index contributed by atoms with van der Waals surface area (Å²) in [5, 5.41) is 17.6. The normalized spacial score (nSPS) is 14.1. The van der Waals surface area contributed by atoms with E-state index in [4.69, 9.17) is 23.2 Å². The number of aromatic nitrogens is 2. The van der Waals surface area contributed by atoms with E-state index in [1.807, 2.05) is 0 Å². The predicted molar refractivity (Wildman–Crippen MR) is 121 cm³/mol. The summed E-state index contributed by atoms with van der Waals surface area (Å²) >= 11 is 13.5. The molecule has 10 heteroatoms. The first kappa shape index (κ1) is 20.9. The van der Waals surface area contributed by atoms with Crippen molar-refractivity contribution in [3.63, 3.8) is 0 Å². The van der Waals surface area contributed by atoms with Crippen molar-refractivity contribution in [2.75, 3.05) is 30.8 Å². The van der Waals surface area contributed by atoms with E-state index in [2.05, 4.69) is 32.5 Å². The minimum Gasteiger partial charge on any atom is -0.506 e. The number of phenols is 1. The Balaban J connectivity index is 1.61. The van der Waals surface area contributed by atoms with E-state index in [0.29, 0.717) is 16.0 Å². The molecule has 0 aliphatic carbocycles. The van der Waals surface area contributed by atoms with Gasteiger partial charge in [-0.2, -0.15) is 0 Å². The zero-order chi connectivity index (χ0) is 21.3. The third-order valence-corrected chi connectivity index (χ3v) is 6.27. The summed E-state index contributed by atoms with van der Waals surface area (Å²) < 4.78 is 0. The molecule has 0 bridgehead atoms. The van der Waals surface area contributed by atoms with Crippen molar-refractivity contribution < 1.29 is 9.90 Å². The van der Waals surface area contributed by atoms with Gasteiger partial charge in [0, 0.05) is 41.7 Å². The monoisotopic (exact) mass is 463 g/mol. The SMILES string of the molecule is CN1CCc2nc(Nc3c(O)cc(Cl)cc3C(=O)Nc3ccc(Cl)cn3)sc2CC1. The molecule has 0 radical (unpaired) electrons. The van der Waals surface area contributed by atoms with Crippen LogP contribution >= 0.6 is 34.5 Å². The molecule has 3 heterocycles. The number of benzene rings is 1. The Morgan fingerprint density at radius 2 is 2.00 bits per heavy atom. The van der Waals surface area contributed by atoms with Crippen LogP contribution in [0.15, 0.2) is 30.5 Å². The number of amides is 1. The van der Waals surface area contributed by atoms with Gasteiger partial charge < -0.3 is 20.6 Å². The Morgan fingerprint density at radius 1 is 1.20 bits per heavy atom. The maximum atomic E-state index is 12.9. The number of anilines is 3. The van der Waals surface area contributed by atoms with E-state index < -0.39 is 5.91 Å². The summed E-state index contributed by atoms with van der Waals surface area (Å²) in [6, 6.07) is 6.09. The molecule has 0 atom stereocenters. The molecule has 1 amide bonds. The van der Waals surface area contributed by atoms with Gasteiger partial charge in [-0.3, -0.25) is 4.79 Å². The maximum Gasteiger partial charge on any atom is 0.259 e. The largest absolute Gasteiger partial charge is 0.506 e. The van der Waals surface area contributed by atoms with Crippen molar-refractivity contribution in [1.29, 1.82) is 0 Å². The van der Waals surface area contributed by atoms with Crippen molar-refractivity contribution in [3.05, 3.63) is 56.6 Å². The number of thiazole rings is 1. The molecule has 2 aromatic heterocycles. The molecule has 1 aliphatic rings. The first-order chi connectivity index (χ1) is 14.4. The number of likely N-dealkylation sites (N-methyl/N-ethyl adjacent to an activating group) is 1. The molecule has 156 valence electrons. The summed E-state index contributed by atoms with van der Waals surface area (Å²) in [5.41, 5.74) is 1.48. The molecular formula is C20H19Cl2N5O2S. The first-order valence-corrected chi connectivity index (χ1v) is 10.9. The minimum absolute atomic E-state index is 0.137. The molecule has 1 aromatic carbocycles. The summed E-state index contributed by atoms with van der Waals surface area (Å²) in [5.74, 6) is -0.272. The Kier molecular flexibility index (Phi) is 6.10. The molecule has 0 saturated heterocycles. The van der Waals surface area contributed by atoms with Gasteiger partial charge in [0.15, 0.2) is 5.13 Å². The highest BCUT2D eigenvalue weighted by molar-refractivity contribution is 7.15. The maximum absolute atomic E-state index is 12.9. The standard InChI is InChI=1S/C20H19Cl2N5O2S/c1-27-6-4-14-16(5-7-27)30-20(24-14)26-18-13(8-12(22)9-15(18)28)19(29)25-17-3-2-11(21)10-23-17/h2-3,8-10,28H,4-7H2,1H3,(H,24,26)(H,23,25,29). The molecule has 0 unspecified atom stereocenters. The second-order valence-electron chi connectivity index (χ2n) is 6.98. The van der Waals surface area contributed by atoms with Crippen LogP contribution in [0, 0.1) is 0 Å². The molecule has 3 N–H and O–H groups in total. The van der Waals surface area contributed by atoms with Crippen LogP contribution in [0.3, 0.4) is 0 Å². The third-order valence-electron chi connectivity index (χ3n) is 4.76. The van der Waals surface area contributed by atoms with Crippen LogP contribution in [0.25, 0.3) is 0 Å². The number of pyridine rings is 1. The van der Waals surface area contributed by atoms with E-state index in [1.165, 1.54) is 34.5 Å². The lowest BCUT2D eigenvalue weighted by molar-refractivity contribution is 0.102. The second-order valence-corrected chi connectivity index (χ2v) is 8.94. The molecular weight excluding hydrogens is 445 g/mol. The van der Waals surface area contributed by atoms with E-state index in [-0.39, 0.29) is 22.0 Å².